The zero-order chi connectivity index (χ0) is 14.5. The summed E-state index contributed by atoms with van der Waals surface area (Å²) < 4.78 is 0. The third kappa shape index (κ3) is 3.00. The van der Waals surface area contributed by atoms with E-state index < -0.39 is 0 Å². The predicted molar refractivity (Wildman–Crippen MR) is 78.4 cm³/mol. The second-order valence-corrected chi connectivity index (χ2v) is 5.10. The number of hydrogen-bond acceptors (Lipinski definition) is 3. The second kappa shape index (κ2) is 6.53. The van der Waals surface area contributed by atoms with Crippen molar-refractivity contribution >= 4 is 5.91 Å². The first kappa shape index (κ1) is 14.5. The number of likely N-dealkylation sites (tertiary alicyclic amines) is 1. The molecule has 1 fully saturated rings. The van der Waals surface area contributed by atoms with Crippen molar-refractivity contribution in [3.8, 4) is 6.07 Å². The van der Waals surface area contributed by atoms with E-state index in [4.69, 9.17) is 5.26 Å². The molecule has 1 aromatic carbocycles. The van der Waals surface area contributed by atoms with E-state index in [1.54, 1.807) is 24.3 Å². The highest BCUT2D eigenvalue weighted by Gasteiger charge is 2.29. The molecule has 2 rings (SSSR count). The molecule has 1 atom stereocenters. The zero-order valence-corrected chi connectivity index (χ0v) is 12.2. The molecular weight excluding hydrogens is 250 g/mol. The number of nitriles is 1. The van der Waals surface area contributed by atoms with Crippen LogP contribution in [0.4, 0.5) is 0 Å². The highest BCUT2D eigenvalue weighted by atomic mass is 16.2. The van der Waals surface area contributed by atoms with E-state index in [-0.39, 0.29) is 5.91 Å². The molecule has 1 saturated heterocycles. The number of benzene rings is 1. The number of nitrogens with zero attached hydrogens (tertiary/aromatic N) is 3. The molecule has 0 N–H and O–H groups in total. The van der Waals surface area contributed by atoms with Gasteiger partial charge in [-0.05, 0) is 43.8 Å². The number of amides is 1. The molecule has 0 spiro atoms. The number of carbonyl (C=O) groups is 1. The van der Waals surface area contributed by atoms with Crippen molar-refractivity contribution in [3.63, 3.8) is 0 Å². The van der Waals surface area contributed by atoms with Gasteiger partial charge in [0, 0.05) is 24.7 Å². The van der Waals surface area contributed by atoms with Gasteiger partial charge in [-0.25, -0.2) is 0 Å². The second-order valence-electron chi connectivity index (χ2n) is 5.10. The Bertz CT molecular complexity index is 499. The number of carbonyl (C=O) groups excluding carboxylic acids is 1. The van der Waals surface area contributed by atoms with Crippen LogP contribution in [0.5, 0.6) is 0 Å². The van der Waals surface area contributed by atoms with Crippen LogP contribution in [0.25, 0.3) is 0 Å². The maximum atomic E-state index is 12.4. The Labute approximate surface area is 120 Å². The summed E-state index contributed by atoms with van der Waals surface area (Å²) in [6.45, 7) is 8.00. The monoisotopic (exact) mass is 271 g/mol. The predicted octanol–water partition coefficient (Wildman–Crippen LogP) is 2.11. The van der Waals surface area contributed by atoms with E-state index in [9.17, 15) is 4.79 Å². The first-order chi connectivity index (χ1) is 9.69. The van der Waals surface area contributed by atoms with Crippen molar-refractivity contribution in [1.29, 1.82) is 5.26 Å². The minimum atomic E-state index is 0.0733. The Morgan fingerprint density at radius 1 is 1.35 bits per heavy atom. The molecule has 4 heteroatoms. The molecule has 4 nitrogen and oxygen atoms in total. The summed E-state index contributed by atoms with van der Waals surface area (Å²) in [7, 11) is 0. The molecule has 0 saturated carbocycles. The van der Waals surface area contributed by atoms with Gasteiger partial charge in [0.05, 0.1) is 11.6 Å². The fourth-order valence-electron chi connectivity index (χ4n) is 2.83. The summed E-state index contributed by atoms with van der Waals surface area (Å²) in [5, 5.41) is 8.78. The minimum absolute atomic E-state index is 0.0733. The van der Waals surface area contributed by atoms with Crippen LogP contribution in [0.3, 0.4) is 0 Å². The lowest BCUT2D eigenvalue weighted by atomic mass is 10.1. The Morgan fingerprint density at radius 3 is 2.55 bits per heavy atom. The molecule has 20 heavy (non-hydrogen) atoms. The topological polar surface area (TPSA) is 47.3 Å². The van der Waals surface area contributed by atoms with Gasteiger partial charge in [0.25, 0.3) is 5.91 Å². The van der Waals surface area contributed by atoms with Crippen molar-refractivity contribution in [2.24, 2.45) is 0 Å². The van der Waals surface area contributed by atoms with Crippen molar-refractivity contribution < 1.29 is 4.79 Å². The van der Waals surface area contributed by atoms with Crippen LogP contribution < -0.4 is 0 Å². The largest absolute Gasteiger partial charge is 0.337 e. The first-order valence-electron chi connectivity index (χ1n) is 7.23. The Balaban J connectivity index is 2.02. The van der Waals surface area contributed by atoms with E-state index in [1.807, 2.05) is 4.90 Å². The number of hydrogen-bond donors (Lipinski definition) is 0. The molecule has 0 aromatic heterocycles. The summed E-state index contributed by atoms with van der Waals surface area (Å²) in [4.78, 5) is 16.7. The first-order valence-corrected chi connectivity index (χ1v) is 7.23. The summed E-state index contributed by atoms with van der Waals surface area (Å²) in [6.07, 6.45) is 1.05. The lowest BCUT2D eigenvalue weighted by molar-refractivity contribution is 0.0778. The van der Waals surface area contributed by atoms with Gasteiger partial charge in [0.1, 0.15) is 0 Å². The third-order valence-electron chi connectivity index (χ3n) is 4.04. The lowest BCUT2D eigenvalue weighted by Crippen LogP contribution is -2.38. The molecule has 1 unspecified atom stereocenters. The van der Waals surface area contributed by atoms with Crippen LogP contribution >= 0.6 is 0 Å². The normalized spacial score (nSPS) is 18.3. The van der Waals surface area contributed by atoms with Gasteiger partial charge >= 0.3 is 0 Å². The van der Waals surface area contributed by atoms with E-state index in [2.05, 4.69) is 24.8 Å². The fraction of sp³-hybridized carbons (Fsp3) is 0.500. The Hall–Kier alpha value is -1.86. The molecular formula is C16H21N3O. The van der Waals surface area contributed by atoms with Gasteiger partial charge in [-0.1, -0.05) is 13.8 Å². The third-order valence-corrected chi connectivity index (χ3v) is 4.04. The van der Waals surface area contributed by atoms with E-state index >= 15 is 0 Å². The molecule has 106 valence electrons. The summed E-state index contributed by atoms with van der Waals surface area (Å²) >= 11 is 0. The number of likely N-dealkylation sites (N-methyl/N-ethyl adjacent to an activating group) is 1. The van der Waals surface area contributed by atoms with Gasteiger partial charge < -0.3 is 4.90 Å². The van der Waals surface area contributed by atoms with Crippen LogP contribution in [0.15, 0.2) is 24.3 Å². The maximum absolute atomic E-state index is 12.4. The highest BCUT2D eigenvalue weighted by Crippen LogP contribution is 2.18. The van der Waals surface area contributed by atoms with Gasteiger partial charge in [-0.2, -0.15) is 5.26 Å². The van der Waals surface area contributed by atoms with Crippen molar-refractivity contribution in [2.45, 2.75) is 26.3 Å². The minimum Gasteiger partial charge on any atom is -0.337 e. The molecule has 1 aromatic rings. The summed E-state index contributed by atoms with van der Waals surface area (Å²) in [6, 6.07) is 9.43. The Morgan fingerprint density at radius 2 is 2.00 bits per heavy atom. The molecule has 0 aliphatic carbocycles. The van der Waals surface area contributed by atoms with Gasteiger partial charge in [0.15, 0.2) is 0 Å². The van der Waals surface area contributed by atoms with Crippen molar-refractivity contribution in [3.05, 3.63) is 35.4 Å². The molecule has 1 heterocycles. The van der Waals surface area contributed by atoms with Crippen LogP contribution in [-0.2, 0) is 0 Å². The average Bonchev–Trinajstić information content (AvgIpc) is 2.97. The van der Waals surface area contributed by atoms with E-state index in [0.717, 1.165) is 32.6 Å². The number of rotatable bonds is 4. The van der Waals surface area contributed by atoms with Crippen molar-refractivity contribution in [2.75, 3.05) is 26.2 Å². The zero-order valence-electron chi connectivity index (χ0n) is 12.2. The molecule has 1 amide bonds. The summed E-state index contributed by atoms with van der Waals surface area (Å²) in [5.41, 5.74) is 1.26. The van der Waals surface area contributed by atoms with Crippen LogP contribution in [0.1, 0.15) is 36.2 Å². The average molecular weight is 271 g/mol. The summed E-state index contributed by atoms with van der Waals surface area (Å²) in [5.74, 6) is 0.0733. The smallest absolute Gasteiger partial charge is 0.253 e. The molecule has 0 radical (unpaired) electrons. The molecule has 1 aliphatic heterocycles. The van der Waals surface area contributed by atoms with Crippen LogP contribution in [0, 0.1) is 11.3 Å². The standard InChI is InChI=1S/C16H21N3O/c1-3-18(4-2)15-9-10-19(12-15)16(20)14-7-5-13(11-17)6-8-14/h5-8,15H,3-4,9-10,12H2,1-2H3. The fourth-order valence-corrected chi connectivity index (χ4v) is 2.83. The SMILES string of the molecule is CCN(CC)C1CCN(C(=O)c2ccc(C#N)cc2)C1. The van der Waals surface area contributed by atoms with Gasteiger partial charge in [0.2, 0.25) is 0 Å². The van der Waals surface area contributed by atoms with Gasteiger partial charge in [-0.3, -0.25) is 9.69 Å². The van der Waals surface area contributed by atoms with E-state index in [0.29, 0.717) is 17.2 Å². The maximum Gasteiger partial charge on any atom is 0.253 e. The van der Waals surface area contributed by atoms with Crippen LogP contribution in [-0.4, -0.2) is 47.9 Å². The van der Waals surface area contributed by atoms with E-state index in [1.165, 1.54) is 0 Å². The van der Waals surface area contributed by atoms with Crippen molar-refractivity contribution in [1.82, 2.24) is 9.80 Å². The van der Waals surface area contributed by atoms with Gasteiger partial charge in [-0.15, -0.1) is 0 Å². The Kier molecular flexibility index (Phi) is 4.75. The highest BCUT2D eigenvalue weighted by molar-refractivity contribution is 5.94. The molecule has 1 aliphatic rings. The lowest BCUT2D eigenvalue weighted by Gasteiger charge is -2.26. The van der Waals surface area contributed by atoms with Crippen LogP contribution in [0.2, 0.25) is 0 Å². The molecule has 0 bridgehead atoms. The quantitative estimate of drug-likeness (QED) is 0.842.